The summed E-state index contributed by atoms with van der Waals surface area (Å²) in [4.78, 5) is 0.267. The molecule has 1 aromatic carbocycles. The van der Waals surface area contributed by atoms with Crippen LogP contribution in [0.3, 0.4) is 0 Å². The molecule has 0 bridgehead atoms. The second kappa shape index (κ2) is 5.77. The Hall–Kier alpha value is -2.01. The first-order valence-corrected chi connectivity index (χ1v) is 7.12. The average Bonchev–Trinajstić information content (AvgIpc) is 2.42. The fraction of sp³-hybridized carbons (Fsp3) is 0.312. The summed E-state index contributed by atoms with van der Waals surface area (Å²) in [6, 6.07) is 4.09. The van der Waals surface area contributed by atoms with Gasteiger partial charge in [-0.25, -0.2) is 0 Å². The van der Waals surface area contributed by atoms with Crippen LogP contribution in [0.4, 0.5) is 0 Å². The van der Waals surface area contributed by atoms with Crippen molar-refractivity contribution in [1.29, 1.82) is 0 Å². The van der Waals surface area contributed by atoms with Crippen molar-refractivity contribution in [1.82, 2.24) is 10.2 Å². The quantitative estimate of drug-likeness (QED) is 0.880. The van der Waals surface area contributed by atoms with E-state index in [2.05, 4.69) is 16.3 Å². The van der Waals surface area contributed by atoms with E-state index < -0.39 is 0 Å². The third-order valence-electron chi connectivity index (χ3n) is 3.74. The number of hydrogen-bond acceptors (Lipinski definition) is 4. The van der Waals surface area contributed by atoms with Crippen LogP contribution in [0.1, 0.15) is 33.5 Å². The zero-order valence-electron chi connectivity index (χ0n) is 12.9. The van der Waals surface area contributed by atoms with Crippen LogP contribution in [0.5, 0.6) is 11.6 Å². The maximum Gasteiger partial charge on any atom is 0.249 e. The molecule has 0 aliphatic heterocycles. The zero-order valence-corrected chi connectivity index (χ0v) is 13.8. The van der Waals surface area contributed by atoms with Crippen LogP contribution in [0, 0.1) is 34.6 Å². The summed E-state index contributed by atoms with van der Waals surface area (Å²) < 4.78 is 6.01. The van der Waals surface area contributed by atoms with Crippen molar-refractivity contribution in [3.63, 3.8) is 0 Å². The van der Waals surface area contributed by atoms with Gasteiger partial charge in [-0.3, -0.25) is 0 Å². The fourth-order valence-electron chi connectivity index (χ4n) is 2.13. The van der Waals surface area contributed by atoms with Crippen LogP contribution >= 0.6 is 12.2 Å². The number of ether oxygens (including phenoxy) is 1. The molecule has 5 heteroatoms. The van der Waals surface area contributed by atoms with E-state index in [1.165, 1.54) is 0 Å². The summed E-state index contributed by atoms with van der Waals surface area (Å²) in [7, 11) is 0. The third kappa shape index (κ3) is 2.88. The Morgan fingerprint density at radius 2 is 1.62 bits per heavy atom. The highest BCUT2D eigenvalue weighted by Gasteiger charge is 2.17. The van der Waals surface area contributed by atoms with Crippen LogP contribution in [0.25, 0.3) is 0 Å². The molecule has 0 fully saturated rings. The first kappa shape index (κ1) is 15.4. The van der Waals surface area contributed by atoms with Crippen molar-refractivity contribution >= 4 is 17.2 Å². The van der Waals surface area contributed by atoms with E-state index in [9.17, 15) is 0 Å². The summed E-state index contributed by atoms with van der Waals surface area (Å²) in [5.41, 5.74) is 11.4. The first-order chi connectivity index (χ1) is 9.82. The Morgan fingerprint density at radius 3 is 2.24 bits per heavy atom. The molecule has 0 unspecified atom stereocenters. The summed E-state index contributed by atoms with van der Waals surface area (Å²) in [5.74, 6) is 1.15. The SMILES string of the molecule is Cc1ccc(C)c(Oc2nnc(C)c(C)c2C(N)=S)c1C. The summed E-state index contributed by atoms with van der Waals surface area (Å²) in [6.45, 7) is 9.85. The van der Waals surface area contributed by atoms with E-state index in [1.807, 2.05) is 40.7 Å². The van der Waals surface area contributed by atoms with Gasteiger partial charge in [0, 0.05) is 0 Å². The number of benzene rings is 1. The lowest BCUT2D eigenvalue weighted by molar-refractivity contribution is 0.445. The lowest BCUT2D eigenvalue weighted by Crippen LogP contribution is -2.15. The van der Waals surface area contributed by atoms with E-state index in [1.54, 1.807) is 0 Å². The molecular weight excluding hydrogens is 282 g/mol. The lowest BCUT2D eigenvalue weighted by atomic mass is 10.1. The molecule has 1 aromatic heterocycles. The lowest BCUT2D eigenvalue weighted by Gasteiger charge is -2.16. The van der Waals surface area contributed by atoms with Gasteiger partial charge in [0.25, 0.3) is 0 Å². The topological polar surface area (TPSA) is 61.0 Å². The van der Waals surface area contributed by atoms with Crippen LogP contribution < -0.4 is 10.5 Å². The molecule has 0 atom stereocenters. The highest BCUT2D eigenvalue weighted by Crippen LogP contribution is 2.32. The number of aryl methyl sites for hydroxylation is 3. The van der Waals surface area contributed by atoms with Crippen LogP contribution in [-0.2, 0) is 0 Å². The molecule has 0 aliphatic rings. The zero-order chi connectivity index (χ0) is 15.7. The van der Waals surface area contributed by atoms with Gasteiger partial charge in [-0.05, 0) is 56.9 Å². The van der Waals surface area contributed by atoms with Gasteiger partial charge < -0.3 is 10.5 Å². The van der Waals surface area contributed by atoms with Crippen molar-refractivity contribution in [3.8, 4) is 11.6 Å². The molecule has 0 radical (unpaired) electrons. The number of nitrogens with zero attached hydrogens (tertiary/aromatic N) is 2. The van der Waals surface area contributed by atoms with Gasteiger partial charge >= 0.3 is 0 Å². The molecular formula is C16H19N3OS. The highest BCUT2D eigenvalue weighted by molar-refractivity contribution is 7.80. The van der Waals surface area contributed by atoms with E-state index in [4.69, 9.17) is 22.7 Å². The second-order valence-electron chi connectivity index (χ2n) is 5.21. The Labute approximate surface area is 130 Å². The average molecular weight is 301 g/mol. The number of rotatable bonds is 3. The van der Waals surface area contributed by atoms with Gasteiger partial charge in [-0.2, -0.15) is 5.10 Å². The largest absolute Gasteiger partial charge is 0.436 e. The first-order valence-electron chi connectivity index (χ1n) is 6.71. The van der Waals surface area contributed by atoms with E-state index >= 15 is 0 Å². The van der Waals surface area contributed by atoms with Gasteiger partial charge in [0.05, 0.1) is 11.3 Å². The minimum atomic E-state index is 0.267. The molecule has 2 aromatic rings. The molecule has 0 saturated carbocycles. The maximum absolute atomic E-state index is 6.01. The maximum atomic E-state index is 6.01. The van der Waals surface area contributed by atoms with Gasteiger partial charge in [0.1, 0.15) is 10.7 Å². The Balaban J connectivity index is 2.58. The summed E-state index contributed by atoms with van der Waals surface area (Å²) in [6.07, 6.45) is 0. The van der Waals surface area contributed by atoms with Crippen molar-refractivity contribution in [2.45, 2.75) is 34.6 Å². The third-order valence-corrected chi connectivity index (χ3v) is 3.95. The van der Waals surface area contributed by atoms with Crippen LogP contribution in [-0.4, -0.2) is 15.2 Å². The number of nitrogens with two attached hydrogens (primary N) is 1. The monoisotopic (exact) mass is 301 g/mol. The molecule has 0 aliphatic carbocycles. The molecule has 4 nitrogen and oxygen atoms in total. The van der Waals surface area contributed by atoms with Crippen molar-refractivity contribution in [3.05, 3.63) is 45.6 Å². The normalized spacial score (nSPS) is 10.5. The minimum absolute atomic E-state index is 0.267. The number of thiocarbonyl (C=S) groups is 1. The second-order valence-corrected chi connectivity index (χ2v) is 5.65. The van der Waals surface area contributed by atoms with Crippen molar-refractivity contribution in [2.24, 2.45) is 5.73 Å². The molecule has 1 heterocycles. The summed E-state index contributed by atoms with van der Waals surface area (Å²) in [5, 5.41) is 8.24. The van der Waals surface area contributed by atoms with Gasteiger partial charge in [0.15, 0.2) is 0 Å². The fourth-order valence-corrected chi connectivity index (χ4v) is 2.37. The minimum Gasteiger partial charge on any atom is -0.436 e. The molecule has 21 heavy (non-hydrogen) atoms. The van der Waals surface area contributed by atoms with Gasteiger partial charge in [0.2, 0.25) is 5.88 Å². The smallest absolute Gasteiger partial charge is 0.249 e. The molecule has 0 amide bonds. The van der Waals surface area contributed by atoms with E-state index in [0.717, 1.165) is 33.7 Å². The molecule has 2 N–H and O–H groups in total. The Bertz CT molecular complexity index is 726. The van der Waals surface area contributed by atoms with Crippen LogP contribution in [0.2, 0.25) is 0 Å². The predicted molar refractivity (Wildman–Crippen MR) is 88.1 cm³/mol. The predicted octanol–water partition coefficient (Wildman–Crippen LogP) is 3.45. The summed E-state index contributed by atoms with van der Waals surface area (Å²) >= 11 is 5.13. The van der Waals surface area contributed by atoms with Crippen molar-refractivity contribution in [2.75, 3.05) is 0 Å². The Morgan fingerprint density at radius 1 is 1.00 bits per heavy atom. The number of hydrogen-bond donors (Lipinski definition) is 1. The molecule has 0 spiro atoms. The standard InChI is InChI=1S/C16H19N3OS/c1-8-6-7-9(2)14(10(8)3)20-16-13(15(17)21)11(4)12(5)18-19-16/h6-7H,1-5H3,(H2,17,21). The van der Waals surface area contributed by atoms with Crippen LogP contribution in [0.15, 0.2) is 12.1 Å². The van der Waals surface area contributed by atoms with Gasteiger partial charge in [-0.1, -0.05) is 24.4 Å². The van der Waals surface area contributed by atoms with Gasteiger partial charge in [-0.15, -0.1) is 5.10 Å². The van der Waals surface area contributed by atoms with E-state index in [-0.39, 0.29) is 4.99 Å². The molecule has 2 rings (SSSR count). The number of aromatic nitrogens is 2. The highest BCUT2D eigenvalue weighted by atomic mass is 32.1. The Kier molecular flexibility index (Phi) is 4.23. The van der Waals surface area contributed by atoms with Crippen molar-refractivity contribution < 1.29 is 4.74 Å². The molecule has 110 valence electrons. The van der Waals surface area contributed by atoms with E-state index in [0.29, 0.717) is 11.4 Å². The molecule has 0 saturated heterocycles.